The van der Waals surface area contributed by atoms with Gasteiger partial charge in [0, 0.05) is 20.7 Å². The Labute approximate surface area is 134 Å². The van der Waals surface area contributed by atoms with Gasteiger partial charge < -0.3 is 4.74 Å². The molecule has 1 fully saturated rings. The largest absolute Gasteiger partial charge is 0.402 e. The van der Waals surface area contributed by atoms with E-state index in [9.17, 15) is 9.59 Å². The van der Waals surface area contributed by atoms with Gasteiger partial charge in [0.05, 0.1) is 13.2 Å². The fraction of sp³-hybridized carbons (Fsp3) is 0.600. The number of aliphatic imine (C=N–C) groups is 1. The van der Waals surface area contributed by atoms with Gasteiger partial charge in [-0.05, 0) is 20.8 Å². The predicted molar refractivity (Wildman–Crippen MR) is 82.7 cm³/mol. The minimum absolute atomic E-state index is 0.218. The third kappa shape index (κ3) is 2.01. The molecule has 1 atom stereocenters. The van der Waals surface area contributed by atoms with Crippen molar-refractivity contribution in [2.75, 3.05) is 27.3 Å². The number of aromatic nitrogens is 2. The smallest absolute Gasteiger partial charge is 0.381 e. The Balaban J connectivity index is 2.13. The number of amidine groups is 1. The summed E-state index contributed by atoms with van der Waals surface area (Å²) in [6.45, 7) is 7.34. The molecule has 0 N–H and O–H groups in total. The first kappa shape index (κ1) is 15.7. The fourth-order valence-corrected chi connectivity index (χ4v) is 3.24. The number of imidazole rings is 1. The molecule has 0 aromatic carbocycles. The molecule has 0 radical (unpaired) electrons. The summed E-state index contributed by atoms with van der Waals surface area (Å²) in [6.07, 6.45) is 0. The van der Waals surface area contributed by atoms with Gasteiger partial charge in [0.15, 0.2) is 0 Å². The molecule has 3 rings (SSSR count). The van der Waals surface area contributed by atoms with Crippen LogP contribution in [-0.2, 0) is 16.1 Å². The Morgan fingerprint density at radius 2 is 2.00 bits per heavy atom. The molecule has 1 saturated heterocycles. The number of rotatable bonds is 4. The van der Waals surface area contributed by atoms with Gasteiger partial charge in [0.1, 0.15) is 11.4 Å². The van der Waals surface area contributed by atoms with Crippen molar-refractivity contribution in [1.82, 2.24) is 14.4 Å². The zero-order chi connectivity index (χ0) is 16.9. The molecule has 1 aromatic heterocycles. The molecule has 1 aromatic rings. The average molecular weight is 320 g/mol. The van der Waals surface area contributed by atoms with E-state index >= 15 is 0 Å². The van der Waals surface area contributed by atoms with Crippen LogP contribution in [0.15, 0.2) is 4.99 Å². The van der Waals surface area contributed by atoms with Crippen molar-refractivity contribution >= 4 is 23.7 Å². The van der Waals surface area contributed by atoms with Gasteiger partial charge >= 0.3 is 12.0 Å². The molecule has 3 heterocycles. The summed E-state index contributed by atoms with van der Waals surface area (Å²) in [6, 6.07) is -0.883. The Bertz CT molecular complexity index is 721. The van der Waals surface area contributed by atoms with E-state index < -0.39 is 6.04 Å². The average Bonchev–Trinajstić information content (AvgIpc) is 3.02. The van der Waals surface area contributed by atoms with Crippen molar-refractivity contribution in [2.45, 2.75) is 33.4 Å². The van der Waals surface area contributed by atoms with Gasteiger partial charge in [-0.2, -0.15) is 0 Å². The highest BCUT2D eigenvalue weighted by molar-refractivity contribution is 6.20. The summed E-state index contributed by atoms with van der Waals surface area (Å²) in [5.74, 6) is 0.974. The Hall–Kier alpha value is -2.22. The quantitative estimate of drug-likeness (QED) is 0.760. The summed E-state index contributed by atoms with van der Waals surface area (Å²) >= 11 is 0. The van der Waals surface area contributed by atoms with Crippen LogP contribution in [0.25, 0.3) is 0 Å². The summed E-state index contributed by atoms with van der Waals surface area (Å²) in [7, 11) is 3.32. The van der Waals surface area contributed by atoms with Gasteiger partial charge in [0.25, 0.3) is 5.91 Å². The van der Waals surface area contributed by atoms with E-state index in [4.69, 9.17) is 4.74 Å². The van der Waals surface area contributed by atoms with Gasteiger partial charge in [-0.25, -0.2) is 13.9 Å². The number of likely N-dealkylation sites (N-methyl/N-ethyl adjacent to an activating group) is 2. The Morgan fingerprint density at radius 1 is 1.30 bits per heavy atom. The molecule has 1 unspecified atom stereocenters. The number of hydrogen-bond donors (Lipinski definition) is 0. The van der Waals surface area contributed by atoms with E-state index in [0.717, 1.165) is 11.4 Å². The highest BCUT2D eigenvalue weighted by Gasteiger charge is 2.53. The van der Waals surface area contributed by atoms with E-state index in [-0.39, 0.29) is 11.9 Å². The third-order valence-electron chi connectivity index (χ3n) is 4.66. The van der Waals surface area contributed by atoms with Crippen LogP contribution in [0.4, 0.5) is 10.7 Å². The molecule has 0 aliphatic carbocycles. The highest BCUT2D eigenvalue weighted by Crippen LogP contribution is 2.34. The minimum atomic E-state index is -0.560. The summed E-state index contributed by atoms with van der Waals surface area (Å²) in [4.78, 5) is 32.4. The maximum Gasteiger partial charge on any atom is 0.402 e. The van der Waals surface area contributed by atoms with Gasteiger partial charge in [-0.3, -0.25) is 14.6 Å². The molecule has 2 aliphatic heterocycles. The Kier molecular flexibility index (Phi) is 3.71. The molecule has 0 spiro atoms. The standard InChI is InChI=1S/C15H22N5O3/c1-6-18-13(21)11-12(17(4)15(18)22)16-14-19(7-8-23-5)9(2)10(3)20(11)14/h11H,6-8H2,1-5H3/q+1. The van der Waals surface area contributed by atoms with Crippen LogP contribution in [0.1, 0.15) is 24.4 Å². The monoisotopic (exact) mass is 320 g/mol. The van der Waals surface area contributed by atoms with E-state index in [0.29, 0.717) is 31.5 Å². The number of carbonyl (C=O) groups excluding carboxylic acids is 2. The van der Waals surface area contributed by atoms with Crippen molar-refractivity contribution in [3.8, 4) is 0 Å². The summed E-state index contributed by atoms with van der Waals surface area (Å²) < 4.78 is 9.12. The number of nitrogens with zero attached hydrogens (tertiary/aromatic N) is 5. The molecule has 23 heavy (non-hydrogen) atoms. The lowest BCUT2D eigenvalue weighted by Gasteiger charge is -2.32. The maximum absolute atomic E-state index is 12.8. The molecule has 124 valence electrons. The Morgan fingerprint density at radius 3 is 2.61 bits per heavy atom. The lowest BCUT2D eigenvalue weighted by molar-refractivity contribution is -0.690. The van der Waals surface area contributed by atoms with Crippen LogP contribution in [-0.4, -0.2) is 59.4 Å². The highest BCUT2D eigenvalue weighted by atomic mass is 16.5. The van der Waals surface area contributed by atoms with Crippen molar-refractivity contribution in [3.63, 3.8) is 0 Å². The first-order valence-corrected chi connectivity index (χ1v) is 7.71. The normalized spacial score (nSPS) is 20.0. The zero-order valence-corrected chi connectivity index (χ0v) is 14.2. The molecule has 8 nitrogen and oxygen atoms in total. The topological polar surface area (TPSA) is 71.0 Å². The molecular formula is C15H22N5O3+. The number of carbonyl (C=O) groups is 2. The summed E-state index contributed by atoms with van der Waals surface area (Å²) in [5.41, 5.74) is 2.03. The van der Waals surface area contributed by atoms with Crippen LogP contribution in [0.5, 0.6) is 0 Å². The molecule has 0 saturated carbocycles. The first-order chi connectivity index (χ1) is 10.9. The molecule has 8 heteroatoms. The fourth-order valence-electron chi connectivity index (χ4n) is 3.24. The number of hydrogen-bond acceptors (Lipinski definition) is 4. The van der Waals surface area contributed by atoms with Crippen molar-refractivity contribution in [1.29, 1.82) is 0 Å². The van der Waals surface area contributed by atoms with E-state index in [1.165, 1.54) is 9.80 Å². The molecular weight excluding hydrogens is 298 g/mol. The zero-order valence-electron chi connectivity index (χ0n) is 14.2. The van der Waals surface area contributed by atoms with Gasteiger partial charge in [0.2, 0.25) is 11.9 Å². The van der Waals surface area contributed by atoms with Crippen molar-refractivity contribution < 1.29 is 18.9 Å². The third-order valence-corrected chi connectivity index (χ3v) is 4.66. The first-order valence-electron chi connectivity index (χ1n) is 7.71. The number of ether oxygens (including phenoxy) is 1. The molecule has 2 aliphatic rings. The summed E-state index contributed by atoms with van der Waals surface area (Å²) in [5, 5.41) is 0. The molecule has 0 bridgehead atoms. The van der Waals surface area contributed by atoms with Crippen LogP contribution in [0, 0.1) is 13.8 Å². The van der Waals surface area contributed by atoms with Crippen LogP contribution in [0.2, 0.25) is 0 Å². The second-order valence-corrected chi connectivity index (χ2v) is 5.78. The SMILES string of the molecule is CCN1C(=O)C2C(=Nc3n2c(C)c(C)[n+]3CCOC)N(C)C1=O. The number of fused-ring (bicyclic) bond motifs is 3. The van der Waals surface area contributed by atoms with Gasteiger partial charge in [-0.1, -0.05) is 4.99 Å². The second-order valence-electron chi connectivity index (χ2n) is 5.78. The number of imide groups is 1. The van der Waals surface area contributed by atoms with Crippen LogP contribution < -0.4 is 4.57 Å². The maximum atomic E-state index is 12.8. The number of urea groups is 1. The van der Waals surface area contributed by atoms with Crippen LogP contribution in [0.3, 0.4) is 0 Å². The van der Waals surface area contributed by atoms with Crippen molar-refractivity contribution in [2.24, 2.45) is 4.99 Å². The van der Waals surface area contributed by atoms with E-state index in [2.05, 4.69) is 4.99 Å². The second kappa shape index (κ2) is 5.45. The predicted octanol–water partition coefficient (Wildman–Crippen LogP) is 0.537. The van der Waals surface area contributed by atoms with Crippen LogP contribution >= 0.6 is 0 Å². The lowest BCUT2D eigenvalue weighted by atomic mass is 10.1. The number of amides is 3. The van der Waals surface area contributed by atoms with E-state index in [1.807, 2.05) is 23.0 Å². The molecule has 3 amide bonds. The van der Waals surface area contributed by atoms with E-state index in [1.54, 1.807) is 21.1 Å². The van der Waals surface area contributed by atoms with Crippen molar-refractivity contribution in [3.05, 3.63) is 11.4 Å². The van der Waals surface area contributed by atoms with Gasteiger partial charge in [-0.15, -0.1) is 0 Å². The lowest BCUT2D eigenvalue weighted by Crippen LogP contribution is -2.57. The minimum Gasteiger partial charge on any atom is -0.381 e. The number of methoxy groups -OCH3 is 1.